The van der Waals surface area contributed by atoms with Crippen molar-refractivity contribution in [3.63, 3.8) is 0 Å². The summed E-state index contributed by atoms with van der Waals surface area (Å²) < 4.78 is 19.1. The van der Waals surface area contributed by atoms with Crippen molar-refractivity contribution in [1.82, 2.24) is 10.2 Å². The van der Waals surface area contributed by atoms with E-state index in [1.54, 1.807) is 12.1 Å². The Morgan fingerprint density at radius 2 is 2.22 bits per heavy atom. The molecule has 0 spiro atoms. The van der Waals surface area contributed by atoms with Crippen molar-refractivity contribution in [3.8, 4) is 0 Å². The van der Waals surface area contributed by atoms with Gasteiger partial charge >= 0.3 is 0 Å². The number of morpholine rings is 1. The summed E-state index contributed by atoms with van der Waals surface area (Å²) in [5.74, 6) is -0.485. The first kappa shape index (κ1) is 16.5. The molecule has 0 aromatic heterocycles. The van der Waals surface area contributed by atoms with Crippen LogP contribution in [0.3, 0.4) is 0 Å². The molecule has 1 amide bonds. The Morgan fingerprint density at radius 3 is 2.96 bits per heavy atom. The maximum absolute atomic E-state index is 13.6. The van der Waals surface area contributed by atoms with E-state index < -0.39 is 11.9 Å². The van der Waals surface area contributed by atoms with Crippen LogP contribution in [-0.2, 0) is 9.53 Å². The molecule has 7 heteroatoms. The van der Waals surface area contributed by atoms with Crippen molar-refractivity contribution >= 4 is 23.2 Å². The summed E-state index contributed by atoms with van der Waals surface area (Å²) in [5.41, 5.74) is 0.789. The van der Waals surface area contributed by atoms with E-state index in [2.05, 4.69) is 15.1 Å². The van der Waals surface area contributed by atoms with Crippen LogP contribution in [0.15, 0.2) is 18.2 Å². The first-order chi connectivity index (χ1) is 11.0. The van der Waals surface area contributed by atoms with E-state index in [4.69, 9.17) is 16.3 Å². The Labute approximate surface area is 140 Å². The van der Waals surface area contributed by atoms with E-state index in [0.29, 0.717) is 19.7 Å². The van der Waals surface area contributed by atoms with Crippen molar-refractivity contribution in [2.24, 2.45) is 0 Å². The van der Waals surface area contributed by atoms with Crippen molar-refractivity contribution in [2.75, 3.05) is 44.7 Å². The average molecular weight is 342 g/mol. The van der Waals surface area contributed by atoms with Gasteiger partial charge in [0.05, 0.1) is 11.6 Å². The average Bonchev–Trinajstić information content (AvgIpc) is 2.98. The highest BCUT2D eigenvalue weighted by atomic mass is 35.5. The van der Waals surface area contributed by atoms with Crippen LogP contribution in [-0.4, -0.2) is 62.8 Å². The number of nitrogens with one attached hydrogen (secondary N) is 1. The molecule has 0 aliphatic carbocycles. The SMILES string of the molecule is CN1CCOC(C(=O)NC2CCN(c3ccc(Cl)c(F)c3)C2)C1. The lowest BCUT2D eigenvalue weighted by atomic mass is 10.2. The molecule has 0 saturated carbocycles. The van der Waals surface area contributed by atoms with Crippen molar-refractivity contribution in [3.05, 3.63) is 29.0 Å². The van der Waals surface area contributed by atoms with Gasteiger partial charge in [0.25, 0.3) is 5.91 Å². The lowest BCUT2D eigenvalue weighted by Crippen LogP contribution is -2.51. The van der Waals surface area contributed by atoms with Crippen LogP contribution in [0.1, 0.15) is 6.42 Å². The Balaban J connectivity index is 1.55. The zero-order chi connectivity index (χ0) is 16.4. The Kier molecular flexibility index (Phi) is 5.04. The van der Waals surface area contributed by atoms with Gasteiger partial charge in [0, 0.05) is 37.9 Å². The van der Waals surface area contributed by atoms with Gasteiger partial charge in [-0.05, 0) is 31.7 Å². The summed E-state index contributed by atoms with van der Waals surface area (Å²) in [6, 6.07) is 4.85. The molecule has 2 aliphatic heterocycles. The van der Waals surface area contributed by atoms with Gasteiger partial charge in [-0.3, -0.25) is 4.79 Å². The quantitative estimate of drug-likeness (QED) is 0.905. The van der Waals surface area contributed by atoms with Crippen molar-refractivity contribution in [2.45, 2.75) is 18.6 Å². The van der Waals surface area contributed by atoms with E-state index in [1.165, 1.54) is 6.07 Å². The Hall–Kier alpha value is -1.37. The minimum atomic E-state index is -0.421. The molecule has 0 bridgehead atoms. The molecule has 23 heavy (non-hydrogen) atoms. The number of halogens is 2. The summed E-state index contributed by atoms with van der Waals surface area (Å²) in [6.07, 6.45) is 0.425. The number of rotatable bonds is 3. The molecule has 2 heterocycles. The molecule has 2 unspecified atom stereocenters. The fraction of sp³-hybridized carbons (Fsp3) is 0.562. The van der Waals surface area contributed by atoms with Crippen LogP contribution in [0.4, 0.5) is 10.1 Å². The minimum Gasteiger partial charge on any atom is -0.369 e. The summed E-state index contributed by atoms with van der Waals surface area (Å²) in [6.45, 7) is 3.48. The summed E-state index contributed by atoms with van der Waals surface area (Å²) in [7, 11) is 1.98. The number of amides is 1. The number of anilines is 1. The van der Waals surface area contributed by atoms with Crippen LogP contribution in [0, 0.1) is 5.82 Å². The predicted molar refractivity (Wildman–Crippen MR) is 87.4 cm³/mol. The van der Waals surface area contributed by atoms with Gasteiger partial charge in [-0.2, -0.15) is 0 Å². The molecule has 0 radical (unpaired) electrons. The van der Waals surface area contributed by atoms with Crippen LogP contribution >= 0.6 is 11.6 Å². The van der Waals surface area contributed by atoms with E-state index in [0.717, 1.165) is 25.2 Å². The van der Waals surface area contributed by atoms with E-state index in [-0.39, 0.29) is 17.0 Å². The number of carbonyl (C=O) groups excluding carboxylic acids is 1. The second kappa shape index (κ2) is 7.03. The predicted octanol–water partition coefficient (Wildman–Crippen LogP) is 1.50. The molecule has 2 atom stereocenters. The molecule has 2 fully saturated rings. The summed E-state index contributed by atoms with van der Waals surface area (Å²) in [5, 5.41) is 3.16. The maximum atomic E-state index is 13.6. The molecule has 1 N–H and O–H groups in total. The molecule has 1 aromatic rings. The van der Waals surface area contributed by atoms with Gasteiger partial charge < -0.3 is 19.9 Å². The molecule has 3 rings (SSSR count). The van der Waals surface area contributed by atoms with Gasteiger partial charge in [0.2, 0.25) is 0 Å². The standard InChI is InChI=1S/C16H21ClFN3O2/c1-20-6-7-23-15(10-20)16(22)19-11-4-5-21(9-11)12-2-3-13(17)14(18)8-12/h2-3,8,11,15H,4-7,9-10H2,1H3,(H,19,22). The second-order valence-electron chi connectivity index (χ2n) is 6.16. The van der Waals surface area contributed by atoms with Gasteiger partial charge in [0.1, 0.15) is 11.9 Å². The van der Waals surface area contributed by atoms with Crippen LogP contribution < -0.4 is 10.2 Å². The van der Waals surface area contributed by atoms with Gasteiger partial charge in [-0.25, -0.2) is 4.39 Å². The number of benzene rings is 1. The Morgan fingerprint density at radius 1 is 1.39 bits per heavy atom. The van der Waals surface area contributed by atoms with Crippen LogP contribution in [0.5, 0.6) is 0 Å². The van der Waals surface area contributed by atoms with Gasteiger partial charge in [-0.1, -0.05) is 11.6 Å². The number of likely N-dealkylation sites (N-methyl/N-ethyl adjacent to an activating group) is 1. The van der Waals surface area contributed by atoms with Crippen molar-refractivity contribution < 1.29 is 13.9 Å². The van der Waals surface area contributed by atoms with Crippen LogP contribution in [0.25, 0.3) is 0 Å². The van der Waals surface area contributed by atoms with Gasteiger partial charge in [-0.15, -0.1) is 0 Å². The largest absolute Gasteiger partial charge is 0.369 e. The fourth-order valence-electron chi connectivity index (χ4n) is 3.02. The zero-order valence-corrected chi connectivity index (χ0v) is 13.9. The number of ether oxygens (including phenoxy) is 1. The number of hydrogen-bond donors (Lipinski definition) is 1. The Bertz CT molecular complexity index is 586. The van der Waals surface area contributed by atoms with Crippen LogP contribution in [0.2, 0.25) is 5.02 Å². The summed E-state index contributed by atoms with van der Waals surface area (Å²) in [4.78, 5) is 16.4. The topological polar surface area (TPSA) is 44.8 Å². The number of nitrogens with zero attached hydrogens (tertiary/aromatic N) is 2. The fourth-order valence-corrected chi connectivity index (χ4v) is 3.14. The summed E-state index contributed by atoms with van der Waals surface area (Å²) >= 11 is 5.71. The molecule has 126 valence electrons. The lowest BCUT2D eigenvalue weighted by molar-refractivity contribution is -0.138. The highest BCUT2D eigenvalue weighted by molar-refractivity contribution is 6.30. The molecule has 5 nitrogen and oxygen atoms in total. The van der Waals surface area contributed by atoms with Gasteiger partial charge in [0.15, 0.2) is 0 Å². The maximum Gasteiger partial charge on any atom is 0.250 e. The van der Waals surface area contributed by atoms with Crippen molar-refractivity contribution in [1.29, 1.82) is 0 Å². The third-order valence-corrected chi connectivity index (χ3v) is 4.67. The molecule has 2 saturated heterocycles. The minimum absolute atomic E-state index is 0.0528. The smallest absolute Gasteiger partial charge is 0.250 e. The van der Waals surface area contributed by atoms with E-state index in [9.17, 15) is 9.18 Å². The zero-order valence-electron chi connectivity index (χ0n) is 13.1. The monoisotopic (exact) mass is 341 g/mol. The molecule has 2 aliphatic rings. The normalized spacial score (nSPS) is 25.6. The van der Waals surface area contributed by atoms with E-state index in [1.807, 2.05) is 7.05 Å². The third kappa shape index (κ3) is 3.94. The number of hydrogen-bond acceptors (Lipinski definition) is 4. The highest BCUT2D eigenvalue weighted by Gasteiger charge is 2.29. The second-order valence-corrected chi connectivity index (χ2v) is 6.57. The molecule has 1 aromatic carbocycles. The lowest BCUT2D eigenvalue weighted by Gasteiger charge is -2.30. The first-order valence-corrected chi connectivity index (χ1v) is 8.21. The highest BCUT2D eigenvalue weighted by Crippen LogP contribution is 2.25. The third-order valence-electron chi connectivity index (χ3n) is 4.36. The molecular weight excluding hydrogens is 321 g/mol. The van der Waals surface area contributed by atoms with E-state index >= 15 is 0 Å². The number of carbonyl (C=O) groups is 1. The first-order valence-electron chi connectivity index (χ1n) is 7.83. The molecular formula is C16H21ClFN3O2.